The summed E-state index contributed by atoms with van der Waals surface area (Å²) < 4.78 is 25.5. The molecule has 8 heteroatoms. The molecule has 5 nitrogen and oxygen atoms in total. The molecule has 0 unspecified atom stereocenters. The monoisotopic (exact) mass is 293 g/mol. The van der Waals surface area contributed by atoms with Crippen molar-refractivity contribution in [2.24, 2.45) is 10.9 Å². The largest absolute Gasteiger partial charge is 0.409 e. The van der Waals surface area contributed by atoms with Gasteiger partial charge in [0.1, 0.15) is 6.61 Å². The van der Waals surface area contributed by atoms with Crippen LogP contribution in [-0.4, -0.2) is 35.2 Å². The summed E-state index contributed by atoms with van der Waals surface area (Å²) in [6.07, 6.45) is 0. The highest BCUT2D eigenvalue weighted by molar-refractivity contribution is 6.31. The molecule has 0 heterocycles. The van der Waals surface area contributed by atoms with Crippen LogP contribution >= 0.6 is 11.6 Å². The van der Waals surface area contributed by atoms with Gasteiger partial charge in [-0.1, -0.05) is 28.9 Å². The number of nitrogens with one attached hydrogen (secondary N) is 1. The van der Waals surface area contributed by atoms with E-state index in [2.05, 4.69) is 10.5 Å². The second-order valence-electron chi connectivity index (χ2n) is 3.91. The molecular weight excluding hydrogens is 280 g/mol. The average molecular weight is 294 g/mol. The summed E-state index contributed by atoms with van der Waals surface area (Å²) in [6.45, 7) is -1.75. The van der Waals surface area contributed by atoms with Crippen molar-refractivity contribution in [1.29, 1.82) is 0 Å². The zero-order chi connectivity index (χ0) is 14.5. The van der Waals surface area contributed by atoms with E-state index in [-0.39, 0.29) is 12.4 Å². The molecule has 0 spiro atoms. The van der Waals surface area contributed by atoms with Crippen LogP contribution in [0.2, 0.25) is 5.02 Å². The molecule has 0 atom stereocenters. The molecule has 0 saturated carbocycles. The molecule has 19 heavy (non-hydrogen) atoms. The average Bonchev–Trinajstić information content (AvgIpc) is 2.39. The molecule has 0 aliphatic carbocycles. The molecule has 0 saturated heterocycles. The summed E-state index contributed by atoms with van der Waals surface area (Å²) in [4.78, 5) is 0. The fraction of sp³-hybridized carbons (Fsp3) is 0.364. The van der Waals surface area contributed by atoms with Crippen molar-refractivity contribution < 1.29 is 19.1 Å². The van der Waals surface area contributed by atoms with E-state index < -0.39 is 19.1 Å². The fourth-order valence-electron chi connectivity index (χ4n) is 1.34. The molecule has 0 fully saturated rings. The van der Waals surface area contributed by atoms with E-state index in [4.69, 9.17) is 27.6 Å². The van der Waals surface area contributed by atoms with E-state index in [0.717, 1.165) is 0 Å². The number of nitrogens with two attached hydrogens (primary N) is 1. The van der Waals surface area contributed by atoms with Crippen molar-refractivity contribution in [2.75, 3.05) is 13.2 Å². The van der Waals surface area contributed by atoms with Crippen molar-refractivity contribution in [3.05, 3.63) is 34.3 Å². The second-order valence-corrected chi connectivity index (χ2v) is 4.32. The van der Waals surface area contributed by atoms with Crippen LogP contribution in [0.15, 0.2) is 23.4 Å². The minimum absolute atomic E-state index is 0.0896. The second kappa shape index (κ2) is 6.65. The number of aliphatic hydroxyl groups is 1. The summed E-state index contributed by atoms with van der Waals surface area (Å²) in [5.41, 5.74) is 6.40. The van der Waals surface area contributed by atoms with E-state index in [9.17, 15) is 8.78 Å². The Labute approximate surface area is 113 Å². The minimum Gasteiger partial charge on any atom is -0.409 e. The van der Waals surface area contributed by atoms with E-state index in [0.29, 0.717) is 16.1 Å². The van der Waals surface area contributed by atoms with Crippen molar-refractivity contribution in [1.82, 2.24) is 5.32 Å². The van der Waals surface area contributed by atoms with E-state index in [1.165, 1.54) is 6.07 Å². The minimum atomic E-state index is -3.17. The molecular formula is C11H14ClF2N3O2. The van der Waals surface area contributed by atoms with Crippen molar-refractivity contribution >= 4 is 17.4 Å². The summed E-state index contributed by atoms with van der Waals surface area (Å²) in [7, 11) is 0. The van der Waals surface area contributed by atoms with Gasteiger partial charge in [-0.05, 0) is 11.6 Å². The maximum Gasteiger partial charge on any atom is 0.282 e. The van der Waals surface area contributed by atoms with Gasteiger partial charge in [0.25, 0.3) is 5.92 Å². The number of hydrogen-bond acceptors (Lipinski definition) is 4. The van der Waals surface area contributed by atoms with Crippen LogP contribution in [0.3, 0.4) is 0 Å². The molecule has 0 aliphatic heterocycles. The molecule has 0 bridgehead atoms. The first-order valence-corrected chi connectivity index (χ1v) is 5.73. The Bertz CT molecular complexity index is 469. The number of oxime groups is 1. The SMILES string of the molecule is N/C(=N/O)c1ccc(CNCC(F)(F)CO)c(Cl)c1. The highest BCUT2D eigenvalue weighted by atomic mass is 35.5. The Morgan fingerprint density at radius 3 is 2.68 bits per heavy atom. The Morgan fingerprint density at radius 1 is 1.47 bits per heavy atom. The molecule has 106 valence electrons. The Hall–Kier alpha value is -1.44. The topological polar surface area (TPSA) is 90.9 Å². The number of nitrogens with zero attached hydrogens (tertiary/aromatic N) is 1. The molecule has 0 aromatic heterocycles. The summed E-state index contributed by atoms with van der Waals surface area (Å²) >= 11 is 5.95. The third kappa shape index (κ3) is 4.62. The number of alkyl halides is 2. The first-order chi connectivity index (χ1) is 8.89. The Kier molecular flexibility index (Phi) is 5.46. The molecule has 0 radical (unpaired) electrons. The number of hydrogen-bond donors (Lipinski definition) is 4. The van der Waals surface area contributed by atoms with Gasteiger partial charge in [0, 0.05) is 17.1 Å². The Morgan fingerprint density at radius 2 is 2.16 bits per heavy atom. The van der Waals surface area contributed by atoms with Gasteiger partial charge in [-0.25, -0.2) is 8.78 Å². The van der Waals surface area contributed by atoms with Gasteiger partial charge in [0.15, 0.2) is 5.84 Å². The lowest BCUT2D eigenvalue weighted by Gasteiger charge is -2.14. The highest BCUT2D eigenvalue weighted by Crippen LogP contribution is 2.18. The zero-order valence-corrected chi connectivity index (χ0v) is 10.7. The van der Waals surface area contributed by atoms with Crippen LogP contribution in [0.4, 0.5) is 8.78 Å². The fourth-order valence-corrected chi connectivity index (χ4v) is 1.59. The quantitative estimate of drug-likeness (QED) is 0.274. The number of aliphatic hydroxyl groups excluding tert-OH is 1. The van der Waals surface area contributed by atoms with Gasteiger partial charge in [-0.2, -0.15) is 0 Å². The number of benzene rings is 1. The number of halogens is 3. The van der Waals surface area contributed by atoms with Crippen LogP contribution in [0.5, 0.6) is 0 Å². The van der Waals surface area contributed by atoms with Gasteiger partial charge in [0.05, 0.1) is 6.54 Å². The maximum atomic E-state index is 12.8. The lowest BCUT2D eigenvalue weighted by Crippen LogP contribution is -2.35. The molecule has 5 N–H and O–H groups in total. The van der Waals surface area contributed by atoms with E-state index in [1.807, 2.05) is 0 Å². The van der Waals surface area contributed by atoms with Crippen LogP contribution in [-0.2, 0) is 6.54 Å². The van der Waals surface area contributed by atoms with Gasteiger partial charge in [-0.15, -0.1) is 0 Å². The molecule has 0 aliphatic rings. The predicted octanol–water partition coefficient (Wildman–Crippen LogP) is 1.15. The first-order valence-electron chi connectivity index (χ1n) is 5.35. The van der Waals surface area contributed by atoms with Gasteiger partial charge < -0.3 is 21.4 Å². The number of rotatable bonds is 6. The highest BCUT2D eigenvalue weighted by Gasteiger charge is 2.26. The lowest BCUT2D eigenvalue weighted by molar-refractivity contribution is -0.0477. The molecule has 1 rings (SSSR count). The normalized spacial score (nSPS) is 12.7. The third-order valence-electron chi connectivity index (χ3n) is 2.39. The first kappa shape index (κ1) is 15.6. The van der Waals surface area contributed by atoms with Crippen LogP contribution in [0.25, 0.3) is 0 Å². The maximum absolute atomic E-state index is 12.8. The Balaban J connectivity index is 2.66. The van der Waals surface area contributed by atoms with Crippen LogP contribution in [0.1, 0.15) is 11.1 Å². The number of amidine groups is 1. The third-order valence-corrected chi connectivity index (χ3v) is 2.74. The van der Waals surface area contributed by atoms with Crippen molar-refractivity contribution in [2.45, 2.75) is 12.5 Å². The standard InChI is InChI=1S/C11H14ClF2N3O2/c12-9-3-7(10(15)17-19)1-2-8(9)4-16-5-11(13,14)6-18/h1-3,16,18-19H,4-6H2,(H2,15,17). The molecule has 1 aromatic carbocycles. The van der Waals surface area contributed by atoms with E-state index in [1.54, 1.807) is 12.1 Å². The van der Waals surface area contributed by atoms with Gasteiger partial charge >= 0.3 is 0 Å². The molecule has 1 aromatic rings. The van der Waals surface area contributed by atoms with Gasteiger partial charge in [-0.3, -0.25) is 0 Å². The van der Waals surface area contributed by atoms with E-state index >= 15 is 0 Å². The van der Waals surface area contributed by atoms with Gasteiger partial charge in [0.2, 0.25) is 0 Å². The smallest absolute Gasteiger partial charge is 0.282 e. The summed E-state index contributed by atoms with van der Waals surface area (Å²) in [5.74, 6) is -3.26. The molecule has 0 amide bonds. The van der Waals surface area contributed by atoms with Crippen LogP contribution in [0, 0.1) is 0 Å². The lowest BCUT2D eigenvalue weighted by atomic mass is 10.1. The summed E-state index contributed by atoms with van der Waals surface area (Å²) in [6, 6.07) is 4.61. The zero-order valence-electron chi connectivity index (χ0n) is 9.91. The van der Waals surface area contributed by atoms with Crippen molar-refractivity contribution in [3.63, 3.8) is 0 Å². The van der Waals surface area contributed by atoms with Crippen LogP contribution < -0.4 is 11.1 Å². The predicted molar refractivity (Wildman–Crippen MR) is 67.7 cm³/mol. The van der Waals surface area contributed by atoms with Crippen molar-refractivity contribution in [3.8, 4) is 0 Å². The summed E-state index contributed by atoms with van der Waals surface area (Å²) in [5, 5.41) is 22.5.